The summed E-state index contributed by atoms with van der Waals surface area (Å²) < 4.78 is 9.97. The lowest BCUT2D eigenvalue weighted by Crippen LogP contribution is -2.33. The monoisotopic (exact) mass is 435 g/mol. The van der Waals surface area contributed by atoms with Gasteiger partial charge in [0.05, 0.1) is 26.2 Å². The number of allylic oxidation sites excluding steroid dienone is 1. The molecule has 7 nitrogen and oxygen atoms in total. The van der Waals surface area contributed by atoms with E-state index in [-0.39, 0.29) is 11.3 Å². The van der Waals surface area contributed by atoms with Crippen molar-refractivity contribution in [2.75, 3.05) is 19.1 Å². The number of ether oxygens (including phenoxy) is 2. The summed E-state index contributed by atoms with van der Waals surface area (Å²) >= 11 is 1.48. The number of nitrogens with zero attached hydrogens (tertiary/aromatic N) is 3. The molecule has 4 rings (SSSR count). The number of benzene rings is 2. The number of anilines is 1. The van der Waals surface area contributed by atoms with Crippen molar-refractivity contribution in [1.29, 1.82) is 0 Å². The van der Waals surface area contributed by atoms with E-state index in [1.807, 2.05) is 59.3 Å². The van der Waals surface area contributed by atoms with Gasteiger partial charge in [-0.05, 0) is 31.2 Å². The van der Waals surface area contributed by atoms with Crippen molar-refractivity contribution >= 4 is 35.5 Å². The van der Waals surface area contributed by atoms with Gasteiger partial charge in [0.25, 0.3) is 0 Å². The lowest BCUT2D eigenvalue weighted by molar-refractivity contribution is -0.135. The van der Waals surface area contributed by atoms with Crippen LogP contribution in [-0.4, -0.2) is 42.8 Å². The third kappa shape index (κ3) is 3.82. The molecule has 2 aromatic carbocycles. The minimum absolute atomic E-state index is 0.0219. The van der Waals surface area contributed by atoms with Crippen molar-refractivity contribution in [3.8, 4) is 0 Å². The van der Waals surface area contributed by atoms with Crippen LogP contribution in [0.2, 0.25) is 0 Å². The van der Waals surface area contributed by atoms with Crippen LogP contribution in [0.25, 0.3) is 0 Å². The molecule has 0 amide bonds. The molecule has 0 bridgehead atoms. The van der Waals surface area contributed by atoms with E-state index < -0.39 is 5.97 Å². The zero-order valence-electron chi connectivity index (χ0n) is 17.3. The zero-order chi connectivity index (χ0) is 22.0. The number of thioether (sulfide) groups is 1. The van der Waals surface area contributed by atoms with Crippen molar-refractivity contribution in [2.24, 2.45) is 5.10 Å². The second-order valence-corrected chi connectivity index (χ2v) is 7.91. The molecule has 31 heavy (non-hydrogen) atoms. The Kier molecular flexibility index (Phi) is 5.81. The summed E-state index contributed by atoms with van der Waals surface area (Å²) in [5.41, 5.74) is 3.15. The van der Waals surface area contributed by atoms with E-state index in [4.69, 9.17) is 9.47 Å². The normalized spacial score (nSPS) is 17.8. The Hall–Kier alpha value is -3.52. The molecule has 2 aliphatic rings. The molecule has 0 aromatic heterocycles. The first-order valence-corrected chi connectivity index (χ1v) is 10.4. The van der Waals surface area contributed by atoms with Crippen LogP contribution < -0.4 is 4.90 Å². The van der Waals surface area contributed by atoms with Crippen molar-refractivity contribution in [1.82, 2.24) is 5.01 Å². The van der Waals surface area contributed by atoms with Gasteiger partial charge in [0, 0.05) is 21.7 Å². The van der Waals surface area contributed by atoms with E-state index in [2.05, 4.69) is 5.10 Å². The quantitative estimate of drug-likeness (QED) is 0.294. The van der Waals surface area contributed by atoms with Crippen LogP contribution in [-0.2, 0) is 14.3 Å². The smallest absolute Gasteiger partial charge is 0.342 e. The number of carbonyl (C=O) groups is 2. The maximum absolute atomic E-state index is 12.7. The SMILES string of the molecule is CO/C=C(/C(=O)OC)C1=C(C)N2N=CN(c3ccc(C(=O)c4ccccc4)cc3)C2S1. The van der Waals surface area contributed by atoms with Gasteiger partial charge in [0.2, 0.25) is 0 Å². The van der Waals surface area contributed by atoms with Gasteiger partial charge < -0.3 is 9.47 Å². The molecule has 2 heterocycles. The van der Waals surface area contributed by atoms with Crippen LogP contribution in [0.3, 0.4) is 0 Å². The minimum atomic E-state index is -0.468. The average molecular weight is 436 g/mol. The molecule has 0 saturated heterocycles. The third-order valence-corrected chi connectivity index (χ3v) is 6.38. The fourth-order valence-corrected chi connectivity index (χ4v) is 4.75. The minimum Gasteiger partial charge on any atom is -0.503 e. The predicted molar refractivity (Wildman–Crippen MR) is 120 cm³/mol. The average Bonchev–Trinajstić information content (AvgIpc) is 3.37. The van der Waals surface area contributed by atoms with E-state index in [9.17, 15) is 9.59 Å². The van der Waals surface area contributed by atoms with E-state index in [1.54, 1.807) is 18.5 Å². The van der Waals surface area contributed by atoms with Gasteiger partial charge >= 0.3 is 5.97 Å². The van der Waals surface area contributed by atoms with Crippen molar-refractivity contribution in [3.63, 3.8) is 0 Å². The van der Waals surface area contributed by atoms with Crippen molar-refractivity contribution in [3.05, 3.63) is 88.2 Å². The number of hydrogen-bond acceptors (Lipinski definition) is 8. The summed E-state index contributed by atoms with van der Waals surface area (Å²) in [6, 6.07) is 16.6. The molecular weight excluding hydrogens is 414 g/mol. The van der Waals surface area contributed by atoms with Crippen LogP contribution in [0.5, 0.6) is 0 Å². The number of rotatable bonds is 6. The molecule has 158 valence electrons. The highest BCUT2D eigenvalue weighted by Crippen LogP contribution is 2.46. The number of carbonyl (C=O) groups excluding carboxylic acids is 2. The van der Waals surface area contributed by atoms with Crippen molar-refractivity contribution in [2.45, 2.75) is 12.4 Å². The standard InChI is InChI=1S/C23H21N3O4S/c1-15-21(19(13-29-2)22(28)30-3)31-23-25(14-24-26(15)23)18-11-9-17(10-12-18)20(27)16-7-5-4-6-8-16/h4-14,23H,1-3H3/b19-13+. The Morgan fingerprint density at radius 1 is 1.03 bits per heavy atom. The number of hydrazone groups is 1. The first kappa shape index (κ1) is 20.7. The predicted octanol–water partition coefficient (Wildman–Crippen LogP) is 3.95. The summed E-state index contributed by atoms with van der Waals surface area (Å²) in [6.07, 6.45) is 3.13. The van der Waals surface area contributed by atoms with Crippen LogP contribution in [0.15, 0.2) is 82.1 Å². The van der Waals surface area contributed by atoms with Gasteiger partial charge in [-0.15, -0.1) is 0 Å². The Balaban J connectivity index is 1.55. The fourth-order valence-electron chi connectivity index (χ4n) is 3.41. The van der Waals surface area contributed by atoms with Gasteiger partial charge in [-0.1, -0.05) is 42.1 Å². The molecule has 8 heteroatoms. The van der Waals surface area contributed by atoms with Gasteiger partial charge in [0.1, 0.15) is 11.9 Å². The highest BCUT2D eigenvalue weighted by molar-refractivity contribution is 8.04. The van der Waals surface area contributed by atoms with Gasteiger partial charge in [0.15, 0.2) is 11.3 Å². The Labute approximate surface area is 184 Å². The first-order valence-electron chi connectivity index (χ1n) is 9.56. The third-order valence-electron chi connectivity index (χ3n) is 4.99. The summed E-state index contributed by atoms with van der Waals surface area (Å²) in [6.45, 7) is 1.90. The summed E-state index contributed by atoms with van der Waals surface area (Å²) in [7, 11) is 2.83. The highest BCUT2D eigenvalue weighted by Gasteiger charge is 2.41. The van der Waals surface area contributed by atoms with E-state index in [0.717, 1.165) is 16.3 Å². The second-order valence-electron chi connectivity index (χ2n) is 6.84. The Morgan fingerprint density at radius 2 is 1.71 bits per heavy atom. The Morgan fingerprint density at radius 3 is 2.35 bits per heavy atom. The molecule has 0 aliphatic carbocycles. The number of fused-ring (bicyclic) bond motifs is 1. The van der Waals surface area contributed by atoms with Gasteiger partial charge in [-0.2, -0.15) is 5.10 Å². The van der Waals surface area contributed by atoms with Crippen LogP contribution >= 0.6 is 11.8 Å². The fraction of sp³-hybridized carbons (Fsp3) is 0.174. The molecule has 2 aromatic rings. The summed E-state index contributed by atoms with van der Waals surface area (Å²) in [4.78, 5) is 27.6. The largest absolute Gasteiger partial charge is 0.503 e. The number of methoxy groups -OCH3 is 2. The van der Waals surface area contributed by atoms with Crippen LogP contribution in [0, 0.1) is 0 Å². The molecule has 0 spiro atoms. The maximum Gasteiger partial charge on any atom is 0.342 e. The molecule has 0 fully saturated rings. The topological polar surface area (TPSA) is 71.4 Å². The van der Waals surface area contributed by atoms with E-state index >= 15 is 0 Å². The molecule has 0 saturated carbocycles. The Bertz CT molecular complexity index is 1090. The van der Waals surface area contributed by atoms with Crippen LogP contribution in [0.1, 0.15) is 22.8 Å². The lowest BCUT2D eigenvalue weighted by Gasteiger charge is -2.24. The first-order chi connectivity index (χ1) is 15.0. The number of esters is 1. The zero-order valence-corrected chi connectivity index (χ0v) is 18.1. The van der Waals surface area contributed by atoms with E-state index in [1.165, 1.54) is 32.2 Å². The molecule has 0 N–H and O–H groups in total. The number of ketones is 1. The highest BCUT2D eigenvalue weighted by atomic mass is 32.2. The van der Waals surface area contributed by atoms with Gasteiger partial charge in [-0.3, -0.25) is 9.69 Å². The van der Waals surface area contributed by atoms with Gasteiger partial charge in [-0.25, -0.2) is 9.80 Å². The van der Waals surface area contributed by atoms with Crippen LogP contribution in [0.4, 0.5) is 5.69 Å². The molecule has 1 atom stereocenters. The molecule has 2 aliphatic heterocycles. The lowest BCUT2D eigenvalue weighted by atomic mass is 10.0. The molecule has 1 unspecified atom stereocenters. The molecule has 0 radical (unpaired) electrons. The number of hydrogen-bond donors (Lipinski definition) is 0. The summed E-state index contributed by atoms with van der Waals surface area (Å²) in [5, 5.41) is 6.33. The van der Waals surface area contributed by atoms with Crippen molar-refractivity contribution < 1.29 is 19.1 Å². The molecular formula is C23H21N3O4S. The maximum atomic E-state index is 12.7. The van der Waals surface area contributed by atoms with E-state index in [0.29, 0.717) is 16.7 Å². The summed E-state index contributed by atoms with van der Waals surface area (Å²) in [5.74, 6) is -0.490. The second kappa shape index (κ2) is 8.69.